The lowest BCUT2D eigenvalue weighted by Gasteiger charge is -2.38. The zero-order valence-corrected chi connectivity index (χ0v) is 13.8. The molecule has 1 aromatic carbocycles. The Kier molecular flexibility index (Phi) is 6.10. The molecule has 0 spiro atoms. The fourth-order valence-corrected chi connectivity index (χ4v) is 3.00. The van der Waals surface area contributed by atoms with Gasteiger partial charge in [-0.2, -0.15) is 0 Å². The van der Waals surface area contributed by atoms with Crippen LogP contribution in [0.1, 0.15) is 18.4 Å². The lowest BCUT2D eigenvalue weighted by Crippen LogP contribution is -2.44. The van der Waals surface area contributed by atoms with E-state index in [0.29, 0.717) is 31.0 Å². The Bertz CT molecular complexity index is 545. The second-order valence-corrected chi connectivity index (χ2v) is 6.45. The Balaban J connectivity index is 1.89. The highest BCUT2D eigenvalue weighted by atomic mass is 19.1. The molecule has 23 heavy (non-hydrogen) atoms. The van der Waals surface area contributed by atoms with Crippen molar-refractivity contribution in [3.05, 3.63) is 29.6 Å². The molecule has 6 heteroatoms. The quantitative estimate of drug-likeness (QED) is 0.837. The van der Waals surface area contributed by atoms with E-state index in [4.69, 9.17) is 4.74 Å². The van der Waals surface area contributed by atoms with E-state index in [0.717, 1.165) is 12.8 Å². The number of anilines is 1. The fourth-order valence-electron chi connectivity index (χ4n) is 3.00. The minimum absolute atomic E-state index is 0.0966. The number of amides is 1. The second kappa shape index (κ2) is 7.86. The standard InChI is InChI=1S/C17H25FN2O3/c1-13-9-14(18)3-4-15(13)19-16(22)10-20(2)11-17(12-21)5-7-23-8-6-17/h3-4,9,21H,5-8,10-12H2,1-2H3,(H,19,22). The van der Waals surface area contributed by atoms with Gasteiger partial charge in [0.05, 0.1) is 13.2 Å². The molecular weight excluding hydrogens is 299 g/mol. The first-order valence-corrected chi connectivity index (χ1v) is 7.87. The topological polar surface area (TPSA) is 61.8 Å². The van der Waals surface area contributed by atoms with Crippen molar-refractivity contribution in [3.63, 3.8) is 0 Å². The summed E-state index contributed by atoms with van der Waals surface area (Å²) in [6, 6.07) is 4.29. The number of carbonyl (C=O) groups excluding carboxylic acids is 1. The highest BCUT2D eigenvalue weighted by molar-refractivity contribution is 5.92. The maximum Gasteiger partial charge on any atom is 0.238 e. The molecule has 1 aromatic rings. The molecule has 0 aliphatic carbocycles. The minimum Gasteiger partial charge on any atom is -0.396 e. The molecular formula is C17H25FN2O3. The van der Waals surface area contributed by atoms with E-state index >= 15 is 0 Å². The van der Waals surface area contributed by atoms with Gasteiger partial charge in [0.15, 0.2) is 0 Å². The molecule has 5 nitrogen and oxygen atoms in total. The summed E-state index contributed by atoms with van der Waals surface area (Å²) in [7, 11) is 1.87. The lowest BCUT2D eigenvalue weighted by atomic mass is 9.80. The molecule has 1 aliphatic rings. The number of ether oxygens (including phenoxy) is 1. The van der Waals surface area contributed by atoms with E-state index in [-0.39, 0.29) is 30.3 Å². The molecule has 0 saturated carbocycles. The van der Waals surface area contributed by atoms with E-state index in [2.05, 4.69) is 5.32 Å². The second-order valence-electron chi connectivity index (χ2n) is 6.45. The van der Waals surface area contributed by atoms with Crippen molar-refractivity contribution in [2.75, 3.05) is 45.3 Å². The molecule has 2 rings (SSSR count). The molecule has 1 fully saturated rings. The van der Waals surface area contributed by atoms with Crippen LogP contribution in [0.25, 0.3) is 0 Å². The Hall–Kier alpha value is -1.50. The van der Waals surface area contributed by atoms with Crippen LogP contribution in [0.2, 0.25) is 0 Å². The average molecular weight is 324 g/mol. The van der Waals surface area contributed by atoms with Crippen molar-refractivity contribution in [3.8, 4) is 0 Å². The molecule has 1 saturated heterocycles. The number of rotatable bonds is 6. The Morgan fingerprint density at radius 2 is 2.13 bits per heavy atom. The molecule has 0 bridgehead atoms. The number of nitrogens with zero attached hydrogens (tertiary/aromatic N) is 1. The van der Waals surface area contributed by atoms with Gasteiger partial charge < -0.3 is 15.2 Å². The number of aliphatic hydroxyl groups is 1. The van der Waals surface area contributed by atoms with Crippen molar-refractivity contribution in [2.45, 2.75) is 19.8 Å². The molecule has 128 valence electrons. The molecule has 0 atom stereocenters. The SMILES string of the molecule is Cc1cc(F)ccc1NC(=O)CN(C)CC1(CO)CCOCC1. The maximum atomic E-state index is 13.1. The van der Waals surface area contributed by atoms with E-state index in [1.54, 1.807) is 13.0 Å². The number of hydrogen-bond acceptors (Lipinski definition) is 4. The van der Waals surface area contributed by atoms with Crippen LogP contribution in [0.4, 0.5) is 10.1 Å². The van der Waals surface area contributed by atoms with E-state index in [9.17, 15) is 14.3 Å². The van der Waals surface area contributed by atoms with Gasteiger partial charge in [-0.3, -0.25) is 9.69 Å². The number of hydrogen-bond donors (Lipinski definition) is 2. The molecule has 1 amide bonds. The van der Waals surface area contributed by atoms with Crippen LogP contribution >= 0.6 is 0 Å². The number of carbonyl (C=O) groups is 1. The van der Waals surface area contributed by atoms with Crippen LogP contribution in [-0.4, -0.2) is 55.9 Å². The zero-order valence-electron chi connectivity index (χ0n) is 13.8. The van der Waals surface area contributed by atoms with Gasteiger partial charge in [0.2, 0.25) is 5.91 Å². The summed E-state index contributed by atoms with van der Waals surface area (Å²) < 4.78 is 18.4. The van der Waals surface area contributed by atoms with Crippen molar-refractivity contribution in [1.82, 2.24) is 4.90 Å². The van der Waals surface area contributed by atoms with Gasteiger partial charge in [0.25, 0.3) is 0 Å². The fraction of sp³-hybridized carbons (Fsp3) is 0.588. The summed E-state index contributed by atoms with van der Waals surface area (Å²) >= 11 is 0. The van der Waals surface area contributed by atoms with Crippen LogP contribution in [0.5, 0.6) is 0 Å². The van der Waals surface area contributed by atoms with Crippen LogP contribution in [0.15, 0.2) is 18.2 Å². The zero-order chi connectivity index (χ0) is 16.9. The molecule has 0 aromatic heterocycles. The lowest BCUT2D eigenvalue weighted by molar-refractivity contribution is -0.117. The number of likely N-dealkylation sites (N-methyl/N-ethyl adjacent to an activating group) is 1. The highest BCUT2D eigenvalue weighted by Gasteiger charge is 2.33. The molecule has 2 N–H and O–H groups in total. The molecule has 0 unspecified atom stereocenters. The van der Waals surface area contributed by atoms with Crippen molar-refractivity contribution in [1.29, 1.82) is 0 Å². The predicted octanol–water partition coefficient (Wildman–Crippen LogP) is 1.79. The Morgan fingerprint density at radius 1 is 1.43 bits per heavy atom. The molecule has 0 radical (unpaired) electrons. The number of aliphatic hydroxyl groups excluding tert-OH is 1. The largest absolute Gasteiger partial charge is 0.396 e. The first-order chi connectivity index (χ1) is 10.9. The first kappa shape index (κ1) is 17.8. The Morgan fingerprint density at radius 3 is 2.74 bits per heavy atom. The van der Waals surface area contributed by atoms with Gasteiger partial charge in [0, 0.05) is 30.9 Å². The smallest absolute Gasteiger partial charge is 0.238 e. The summed E-state index contributed by atoms with van der Waals surface area (Å²) in [4.78, 5) is 14.1. The summed E-state index contributed by atoms with van der Waals surface area (Å²) in [6.07, 6.45) is 1.60. The summed E-state index contributed by atoms with van der Waals surface area (Å²) in [5, 5.41) is 12.5. The summed E-state index contributed by atoms with van der Waals surface area (Å²) in [6.45, 7) is 4.01. The number of aryl methyl sites for hydroxylation is 1. The number of benzene rings is 1. The third-order valence-corrected chi connectivity index (χ3v) is 4.37. The van der Waals surface area contributed by atoms with Gasteiger partial charge in [-0.1, -0.05) is 0 Å². The van der Waals surface area contributed by atoms with Gasteiger partial charge in [-0.15, -0.1) is 0 Å². The van der Waals surface area contributed by atoms with E-state index in [1.165, 1.54) is 12.1 Å². The van der Waals surface area contributed by atoms with Crippen LogP contribution < -0.4 is 5.32 Å². The summed E-state index contributed by atoms with van der Waals surface area (Å²) in [5.41, 5.74) is 1.11. The van der Waals surface area contributed by atoms with Gasteiger partial charge in [-0.25, -0.2) is 4.39 Å². The summed E-state index contributed by atoms with van der Waals surface area (Å²) in [5.74, 6) is -0.468. The monoisotopic (exact) mass is 324 g/mol. The number of halogens is 1. The first-order valence-electron chi connectivity index (χ1n) is 7.87. The third-order valence-electron chi connectivity index (χ3n) is 4.37. The minimum atomic E-state index is -0.318. The average Bonchev–Trinajstić information content (AvgIpc) is 2.51. The van der Waals surface area contributed by atoms with Crippen LogP contribution in [0, 0.1) is 18.2 Å². The maximum absolute atomic E-state index is 13.1. The third kappa shape index (κ3) is 4.99. The molecule has 1 heterocycles. The van der Waals surface area contributed by atoms with Crippen LogP contribution in [-0.2, 0) is 9.53 Å². The predicted molar refractivity (Wildman–Crippen MR) is 86.8 cm³/mol. The van der Waals surface area contributed by atoms with Gasteiger partial charge in [0.1, 0.15) is 5.82 Å². The molecule has 1 aliphatic heterocycles. The van der Waals surface area contributed by atoms with Crippen molar-refractivity contribution < 1.29 is 19.0 Å². The number of nitrogens with one attached hydrogen (secondary N) is 1. The van der Waals surface area contributed by atoms with E-state index in [1.807, 2.05) is 11.9 Å². The van der Waals surface area contributed by atoms with Crippen molar-refractivity contribution in [2.24, 2.45) is 5.41 Å². The normalized spacial score (nSPS) is 17.3. The Labute approximate surface area is 136 Å². The van der Waals surface area contributed by atoms with Crippen molar-refractivity contribution >= 4 is 11.6 Å². The van der Waals surface area contributed by atoms with Gasteiger partial charge in [-0.05, 0) is 50.6 Å². The van der Waals surface area contributed by atoms with Crippen LogP contribution in [0.3, 0.4) is 0 Å². The highest BCUT2D eigenvalue weighted by Crippen LogP contribution is 2.30. The van der Waals surface area contributed by atoms with E-state index < -0.39 is 0 Å². The van der Waals surface area contributed by atoms with Gasteiger partial charge >= 0.3 is 0 Å².